The number of carboxylic acid groups (broad SMARTS) is 1. The van der Waals surface area contributed by atoms with E-state index in [1.54, 1.807) is 23.8 Å². The molecule has 3 atom stereocenters. The smallest absolute Gasteiger partial charge is 0.407 e. The van der Waals surface area contributed by atoms with Gasteiger partial charge < -0.3 is 14.7 Å². The number of nitrogens with zero attached hydrogens (tertiary/aromatic N) is 2. The lowest BCUT2D eigenvalue weighted by Crippen LogP contribution is -2.48. The molecule has 3 unspecified atom stereocenters. The van der Waals surface area contributed by atoms with E-state index in [0.29, 0.717) is 18.7 Å². The maximum atomic E-state index is 11.8. The number of thioether (sulfide) groups is 1. The summed E-state index contributed by atoms with van der Waals surface area (Å²) in [6.45, 7) is 7.67. The lowest BCUT2D eigenvalue weighted by atomic mass is 9.72. The Morgan fingerprint density at radius 3 is 2.55 bits per heavy atom. The molecule has 1 fully saturated rings. The highest BCUT2D eigenvalue weighted by molar-refractivity contribution is 8.00. The predicted octanol–water partition coefficient (Wildman–Crippen LogP) is 5.86. The van der Waals surface area contributed by atoms with Crippen LogP contribution in [0.5, 0.6) is 5.75 Å². The Kier molecular flexibility index (Phi) is 7.17. The second kappa shape index (κ2) is 9.65. The van der Waals surface area contributed by atoms with E-state index < -0.39 is 6.09 Å². The lowest BCUT2D eigenvalue weighted by Gasteiger charge is -2.46. The number of carbonyl (C=O) groups is 1. The quantitative estimate of drug-likeness (QED) is 0.592. The standard InChI is InChI=1S/C25H30N2O3S/c1-25(2,3)23(31-20-7-5-6-17(14-20)15-26)22-16-27(24(28)29)13-12-21(22)18-8-10-19(30-4)11-9-18/h5-11,14,21-23H,12-13,16H2,1-4H3,(H,28,29). The monoisotopic (exact) mass is 438 g/mol. The molecule has 1 aliphatic heterocycles. The van der Waals surface area contributed by atoms with Crippen LogP contribution >= 0.6 is 11.8 Å². The SMILES string of the molecule is COc1ccc(C2CCN(C(=O)O)CC2C(Sc2cccc(C#N)c2)C(C)(C)C)cc1. The number of piperidine rings is 1. The number of hydrogen-bond acceptors (Lipinski definition) is 4. The van der Waals surface area contributed by atoms with Crippen LogP contribution in [0.15, 0.2) is 53.4 Å². The minimum absolute atomic E-state index is 0.0653. The predicted molar refractivity (Wildman–Crippen MR) is 124 cm³/mol. The van der Waals surface area contributed by atoms with Gasteiger partial charge in [-0.05, 0) is 59.6 Å². The lowest BCUT2D eigenvalue weighted by molar-refractivity contribution is 0.101. The van der Waals surface area contributed by atoms with Gasteiger partial charge in [0.2, 0.25) is 0 Å². The maximum absolute atomic E-state index is 11.8. The summed E-state index contributed by atoms with van der Waals surface area (Å²) in [6, 6.07) is 18.0. The molecule has 0 spiro atoms. The first-order valence-corrected chi connectivity index (χ1v) is 11.4. The second-order valence-corrected chi connectivity index (χ2v) is 10.3. The molecule has 0 radical (unpaired) electrons. The number of amides is 1. The molecule has 0 aromatic heterocycles. The van der Waals surface area contributed by atoms with E-state index in [-0.39, 0.29) is 22.5 Å². The zero-order chi connectivity index (χ0) is 22.6. The fourth-order valence-electron chi connectivity index (χ4n) is 4.42. The average molecular weight is 439 g/mol. The van der Waals surface area contributed by atoms with Gasteiger partial charge in [0.25, 0.3) is 0 Å². The second-order valence-electron chi connectivity index (χ2n) is 9.10. The van der Waals surface area contributed by atoms with Gasteiger partial charge in [0.05, 0.1) is 18.7 Å². The van der Waals surface area contributed by atoms with Gasteiger partial charge in [-0.3, -0.25) is 0 Å². The summed E-state index contributed by atoms with van der Waals surface area (Å²) in [4.78, 5) is 14.4. The van der Waals surface area contributed by atoms with Gasteiger partial charge in [-0.25, -0.2) is 4.79 Å². The first-order valence-electron chi connectivity index (χ1n) is 10.5. The number of rotatable bonds is 5. The van der Waals surface area contributed by atoms with Gasteiger partial charge in [0.1, 0.15) is 5.75 Å². The average Bonchev–Trinajstić information content (AvgIpc) is 2.76. The van der Waals surface area contributed by atoms with E-state index >= 15 is 0 Å². The van der Waals surface area contributed by atoms with Crippen LogP contribution in [0.2, 0.25) is 0 Å². The summed E-state index contributed by atoms with van der Waals surface area (Å²) >= 11 is 1.76. The third-order valence-corrected chi connectivity index (χ3v) is 7.78. The molecule has 5 nitrogen and oxygen atoms in total. The molecule has 1 amide bonds. The largest absolute Gasteiger partial charge is 0.497 e. The molecule has 1 saturated heterocycles. The molecule has 2 aromatic rings. The van der Waals surface area contributed by atoms with Crippen LogP contribution in [0.25, 0.3) is 0 Å². The summed E-state index contributed by atoms with van der Waals surface area (Å²) in [5.41, 5.74) is 1.79. The van der Waals surface area contributed by atoms with Crippen LogP contribution < -0.4 is 4.74 Å². The Labute approximate surface area is 189 Å². The molecule has 3 rings (SSSR count). The number of nitriles is 1. The van der Waals surface area contributed by atoms with Gasteiger partial charge in [0, 0.05) is 23.2 Å². The topological polar surface area (TPSA) is 73.6 Å². The van der Waals surface area contributed by atoms with E-state index in [4.69, 9.17) is 4.74 Å². The van der Waals surface area contributed by atoms with Crippen LogP contribution in [0.3, 0.4) is 0 Å². The fraction of sp³-hybridized carbons (Fsp3) is 0.440. The number of ether oxygens (including phenoxy) is 1. The molecule has 6 heteroatoms. The minimum atomic E-state index is -0.859. The van der Waals surface area contributed by atoms with E-state index in [2.05, 4.69) is 39.0 Å². The zero-order valence-electron chi connectivity index (χ0n) is 18.5. The summed E-state index contributed by atoms with van der Waals surface area (Å²) in [5, 5.41) is 19.1. The van der Waals surface area contributed by atoms with E-state index in [0.717, 1.165) is 17.1 Å². The summed E-state index contributed by atoms with van der Waals surface area (Å²) in [7, 11) is 1.66. The Balaban J connectivity index is 1.98. The van der Waals surface area contributed by atoms with Crippen molar-refractivity contribution < 1.29 is 14.6 Å². The van der Waals surface area contributed by atoms with Gasteiger partial charge in [-0.15, -0.1) is 11.8 Å². The highest BCUT2D eigenvalue weighted by Crippen LogP contribution is 2.47. The van der Waals surface area contributed by atoms with Gasteiger partial charge in [0.15, 0.2) is 0 Å². The summed E-state index contributed by atoms with van der Waals surface area (Å²) in [5.74, 6) is 1.20. The Morgan fingerprint density at radius 1 is 1.26 bits per heavy atom. The van der Waals surface area contributed by atoms with Crippen molar-refractivity contribution in [3.8, 4) is 11.8 Å². The van der Waals surface area contributed by atoms with Crippen molar-refractivity contribution in [2.45, 2.75) is 43.3 Å². The molecule has 0 aliphatic carbocycles. The highest BCUT2D eigenvalue weighted by Gasteiger charge is 2.42. The molecular formula is C25H30N2O3S. The van der Waals surface area contributed by atoms with Crippen molar-refractivity contribution in [1.29, 1.82) is 5.26 Å². The molecule has 1 aliphatic rings. The molecule has 164 valence electrons. The van der Waals surface area contributed by atoms with Gasteiger partial charge in [-0.2, -0.15) is 5.26 Å². The first-order chi connectivity index (χ1) is 14.7. The minimum Gasteiger partial charge on any atom is -0.497 e. The number of benzene rings is 2. The number of methoxy groups -OCH3 is 1. The van der Waals surface area contributed by atoms with E-state index in [1.807, 2.05) is 36.4 Å². The maximum Gasteiger partial charge on any atom is 0.407 e. The van der Waals surface area contributed by atoms with E-state index in [1.165, 1.54) is 5.56 Å². The van der Waals surface area contributed by atoms with Crippen LogP contribution in [0.4, 0.5) is 4.79 Å². The van der Waals surface area contributed by atoms with Crippen molar-refractivity contribution in [2.24, 2.45) is 11.3 Å². The normalized spacial score (nSPS) is 20.0. The van der Waals surface area contributed by atoms with Crippen LogP contribution in [0, 0.1) is 22.7 Å². The Morgan fingerprint density at radius 2 is 1.97 bits per heavy atom. The van der Waals surface area contributed by atoms with Crippen molar-refractivity contribution in [3.63, 3.8) is 0 Å². The summed E-state index contributed by atoms with van der Waals surface area (Å²) in [6.07, 6.45) is -0.0726. The van der Waals surface area contributed by atoms with Crippen molar-refractivity contribution in [1.82, 2.24) is 4.90 Å². The fourth-order valence-corrected chi connectivity index (χ4v) is 5.87. The van der Waals surface area contributed by atoms with Crippen molar-refractivity contribution in [3.05, 3.63) is 59.7 Å². The molecule has 1 N–H and O–H groups in total. The molecular weight excluding hydrogens is 408 g/mol. The highest BCUT2D eigenvalue weighted by atomic mass is 32.2. The first kappa shape index (κ1) is 23.0. The van der Waals surface area contributed by atoms with Gasteiger partial charge in [-0.1, -0.05) is 39.0 Å². The molecule has 1 heterocycles. The van der Waals surface area contributed by atoms with Crippen LogP contribution in [0.1, 0.15) is 44.2 Å². The number of hydrogen-bond donors (Lipinski definition) is 1. The van der Waals surface area contributed by atoms with Crippen LogP contribution in [-0.2, 0) is 0 Å². The Hall–Kier alpha value is -2.65. The van der Waals surface area contributed by atoms with Crippen molar-refractivity contribution in [2.75, 3.05) is 20.2 Å². The van der Waals surface area contributed by atoms with Crippen LogP contribution in [-0.4, -0.2) is 41.5 Å². The molecule has 0 saturated carbocycles. The molecule has 2 aromatic carbocycles. The summed E-state index contributed by atoms with van der Waals surface area (Å²) < 4.78 is 5.32. The van der Waals surface area contributed by atoms with E-state index in [9.17, 15) is 15.2 Å². The molecule has 31 heavy (non-hydrogen) atoms. The zero-order valence-corrected chi connectivity index (χ0v) is 19.4. The molecule has 0 bridgehead atoms. The third kappa shape index (κ3) is 5.54. The number of likely N-dealkylation sites (tertiary alicyclic amines) is 1. The Bertz CT molecular complexity index is 946. The van der Waals surface area contributed by atoms with Crippen molar-refractivity contribution >= 4 is 17.9 Å². The van der Waals surface area contributed by atoms with Gasteiger partial charge >= 0.3 is 6.09 Å². The third-order valence-electron chi connectivity index (χ3n) is 5.94.